The fourth-order valence-electron chi connectivity index (χ4n) is 2.16. The number of rotatable bonds is 3. The van der Waals surface area contributed by atoms with Gasteiger partial charge in [-0.2, -0.15) is 0 Å². The first-order chi connectivity index (χ1) is 9.93. The molecule has 1 aromatic carbocycles. The number of fused-ring (bicyclic) bond motifs is 1. The Kier molecular flexibility index (Phi) is 6.66. The number of hydrogen-bond acceptors (Lipinski definition) is 1. The summed E-state index contributed by atoms with van der Waals surface area (Å²) in [5.41, 5.74) is 3.56. The molecule has 0 aliphatic carbocycles. The normalized spacial score (nSPS) is 11.3. The molecule has 0 aliphatic heterocycles. The van der Waals surface area contributed by atoms with Gasteiger partial charge >= 0.3 is 120 Å². The van der Waals surface area contributed by atoms with Crippen molar-refractivity contribution in [3.63, 3.8) is 0 Å². The van der Waals surface area contributed by atoms with Crippen LogP contribution >= 0.6 is 0 Å². The van der Waals surface area contributed by atoms with Gasteiger partial charge in [0.05, 0.1) is 0 Å². The van der Waals surface area contributed by atoms with Crippen molar-refractivity contribution in [3.8, 4) is 0 Å². The average molecular weight is 388 g/mol. The van der Waals surface area contributed by atoms with Crippen LogP contribution in [-0.2, 0) is 0 Å². The predicted molar refractivity (Wildman–Crippen MR) is 100 cm³/mol. The van der Waals surface area contributed by atoms with E-state index in [2.05, 4.69) is 57.6 Å². The number of aromatic nitrogens is 1. The molecule has 112 valence electrons. The summed E-state index contributed by atoms with van der Waals surface area (Å²) in [5.74, 6) is 0. The molecular weight excluding hydrogens is 361 g/mol. The van der Waals surface area contributed by atoms with Crippen molar-refractivity contribution >= 4 is 38.9 Å². The van der Waals surface area contributed by atoms with E-state index in [0.29, 0.717) is 0 Å². The van der Waals surface area contributed by atoms with Gasteiger partial charge in [0.2, 0.25) is 0 Å². The average Bonchev–Trinajstić information content (AvgIpc) is 2.47. The third-order valence-corrected chi connectivity index (χ3v) is 9.20. The number of pyridine rings is 1. The second-order valence-corrected chi connectivity index (χ2v) is 20.4. The molecular formula is C19H27NSn. The van der Waals surface area contributed by atoms with E-state index in [4.69, 9.17) is 0 Å². The van der Waals surface area contributed by atoms with Crippen LogP contribution < -0.4 is 3.58 Å². The Hall–Kier alpha value is -1.09. The Morgan fingerprint density at radius 2 is 1.81 bits per heavy atom. The summed E-state index contributed by atoms with van der Waals surface area (Å²) in [4.78, 5) is 11.9. The van der Waals surface area contributed by atoms with E-state index in [0.717, 1.165) is 5.52 Å². The van der Waals surface area contributed by atoms with Crippen LogP contribution in [0.4, 0.5) is 0 Å². The standard InChI is InChI=1S/C14H12N.C2H6.3CH3.Sn/c1-3-4-7-12-11(2)10-15-14-9-6-5-8-13(12)14;1-2;;;;/h3-4,6-10H,1H2,2H3;1-2H3;3*1H3;/b7-4-;;;;;. The van der Waals surface area contributed by atoms with E-state index in [-0.39, 0.29) is 0 Å². The molecule has 2 aromatic rings. The van der Waals surface area contributed by atoms with Gasteiger partial charge in [-0.05, 0) is 0 Å². The first-order valence-electron chi connectivity index (χ1n) is 7.62. The fourth-order valence-corrected chi connectivity index (χ4v) is 5.48. The number of aryl methyl sites for hydroxylation is 1. The molecule has 0 amide bonds. The van der Waals surface area contributed by atoms with E-state index in [1.165, 1.54) is 16.5 Å². The van der Waals surface area contributed by atoms with Gasteiger partial charge in [0.15, 0.2) is 0 Å². The van der Waals surface area contributed by atoms with Gasteiger partial charge in [0.25, 0.3) is 0 Å². The Morgan fingerprint density at radius 1 is 1.14 bits per heavy atom. The minimum atomic E-state index is -2.03. The van der Waals surface area contributed by atoms with Crippen LogP contribution in [0.25, 0.3) is 17.0 Å². The molecule has 1 nitrogen and oxygen atoms in total. The van der Waals surface area contributed by atoms with Crippen LogP contribution in [0.15, 0.2) is 43.1 Å². The van der Waals surface area contributed by atoms with Crippen molar-refractivity contribution in [1.82, 2.24) is 4.98 Å². The largest absolute Gasteiger partial charge is 0.0683 e. The van der Waals surface area contributed by atoms with Crippen molar-refractivity contribution in [2.75, 3.05) is 0 Å². The Bertz CT molecular complexity index is 648. The third-order valence-electron chi connectivity index (χ3n) is 3.37. The minimum absolute atomic E-state index is 1.08. The Balaban J connectivity index is 0.00000106. The molecule has 0 spiro atoms. The van der Waals surface area contributed by atoms with Crippen molar-refractivity contribution in [1.29, 1.82) is 0 Å². The van der Waals surface area contributed by atoms with Crippen LogP contribution in [0.5, 0.6) is 0 Å². The number of allylic oxidation sites excluding steroid dienone is 2. The monoisotopic (exact) mass is 389 g/mol. The number of nitrogens with zero attached hydrogens (tertiary/aromatic N) is 1. The molecule has 0 saturated heterocycles. The summed E-state index contributed by atoms with van der Waals surface area (Å²) in [7, 11) is 0. The fraction of sp³-hybridized carbons (Fsp3) is 0.316. The smallest absolute Gasteiger partial charge is 0.0683 e. The van der Waals surface area contributed by atoms with E-state index in [9.17, 15) is 0 Å². The predicted octanol–water partition coefficient (Wildman–Crippen LogP) is 5.31. The minimum Gasteiger partial charge on any atom is -0.0683 e. The molecule has 0 saturated carbocycles. The number of hydrogen-bond donors (Lipinski definition) is 0. The maximum Gasteiger partial charge on any atom is -0.0683 e. The van der Waals surface area contributed by atoms with Gasteiger partial charge < -0.3 is 0 Å². The van der Waals surface area contributed by atoms with E-state index >= 15 is 0 Å². The zero-order chi connectivity index (χ0) is 16.0. The van der Waals surface area contributed by atoms with Crippen molar-refractivity contribution < 1.29 is 0 Å². The van der Waals surface area contributed by atoms with Gasteiger partial charge in [-0.3, -0.25) is 0 Å². The first kappa shape index (κ1) is 18.0. The van der Waals surface area contributed by atoms with Crippen molar-refractivity contribution in [2.45, 2.75) is 35.6 Å². The van der Waals surface area contributed by atoms with Crippen LogP contribution in [-0.4, -0.2) is 23.4 Å². The van der Waals surface area contributed by atoms with Crippen LogP contribution in [0.2, 0.25) is 14.8 Å². The van der Waals surface area contributed by atoms with Gasteiger partial charge in [-0.15, -0.1) is 0 Å². The molecule has 21 heavy (non-hydrogen) atoms. The second kappa shape index (κ2) is 7.79. The number of benzene rings is 1. The van der Waals surface area contributed by atoms with E-state index in [1.807, 2.05) is 32.2 Å². The quantitative estimate of drug-likeness (QED) is 0.513. The molecule has 0 unspecified atom stereocenters. The topological polar surface area (TPSA) is 12.9 Å². The molecule has 0 N–H and O–H groups in total. The molecule has 1 aromatic heterocycles. The van der Waals surface area contributed by atoms with Gasteiger partial charge in [-0.1, -0.05) is 13.8 Å². The summed E-state index contributed by atoms with van der Waals surface area (Å²) in [5, 5.41) is 1.27. The summed E-state index contributed by atoms with van der Waals surface area (Å²) in [6.45, 7) is 9.86. The first-order valence-corrected chi connectivity index (χ1v) is 17.6. The van der Waals surface area contributed by atoms with Crippen LogP contribution in [0.3, 0.4) is 0 Å². The van der Waals surface area contributed by atoms with Crippen LogP contribution in [0.1, 0.15) is 25.0 Å². The van der Waals surface area contributed by atoms with Gasteiger partial charge in [-0.25, -0.2) is 0 Å². The Labute approximate surface area is 133 Å². The third kappa shape index (κ3) is 4.44. The zero-order valence-electron chi connectivity index (χ0n) is 14.2. The molecule has 0 atom stereocenters. The molecule has 1 heterocycles. The van der Waals surface area contributed by atoms with Crippen LogP contribution in [0, 0.1) is 6.92 Å². The summed E-state index contributed by atoms with van der Waals surface area (Å²) < 4.78 is 1.54. The molecule has 0 fully saturated rings. The Morgan fingerprint density at radius 3 is 2.38 bits per heavy atom. The maximum atomic E-state index is 4.54. The zero-order valence-corrected chi connectivity index (χ0v) is 17.0. The van der Waals surface area contributed by atoms with E-state index < -0.39 is 18.4 Å². The molecule has 2 heteroatoms. The van der Waals surface area contributed by atoms with Gasteiger partial charge in [0.1, 0.15) is 0 Å². The second-order valence-electron chi connectivity index (χ2n) is 5.93. The van der Waals surface area contributed by atoms with Crippen molar-refractivity contribution in [2.24, 2.45) is 0 Å². The maximum absolute atomic E-state index is 4.54. The molecule has 0 bridgehead atoms. The summed E-state index contributed by atoms with van der Waals surface area (Å²) in [6, 6.07) is 6.79. The molecule has 0 aliphatic rings. The molecule has 0 radical (unpaired) electrons. The SMILES string of the molecule is C=C/C=C\c1c(C)cnc2cc[c]([Sn]([CH3])([CH3])[CH3])cc12.CC. The van der Waals surface area contributed by atoms with Crippen molar-refractivity contribution in [3.05, 3.63) is 54.3 Å². The summed E-state index contributed by atoms with van der Waals surface area (Å²) >= 11 is -2.03. The molecule has 2 rings (SSSR count). The summed E-state index contributed by atoms with van der Waals surface area (Å²) in [6.07, 6.45) is 7.90. The van der Waals surface area contributed by atoms with Gasteiger partial charge in [0, 0.05) is 0 Å². The van der Waals surface area contributed by atoms with E-state index in [1.54, 1.807) is 3.58 Å².